The zero-order valence-corrected chi connectivity index (χ0v) is 15.8. The van der Waals surface area contributed by atoms with Crippen LogP contribution in [0.1, 0.15) is 27.2 Å². The predicted octanol–water partition coefficient (Wildman–Crippen LogP) is 4.99. The number of benzene rings is 2. The van der Waals surface area contributed by atoms with Crippen LogP contribution < -0.4 is 5.32 Å². The number of aryl methyl sites for hydroxylation is 1. The van der Waals surface area contributed by atoms with Crippen molar-refractivity contribution in [1.82, 2.24) is 9.88 Å². The Morgan fingerprint density at radius 1 is 1.07 bits per heavy atom. The van der Waals surface area contributed by atoms with Crippen molar-refractivity contribution in [3.8, 4) is 0 Å². The number of nitrogens with zero attached hydrogens (tertiary/aromatic N) is 2. The van der Waals surface area contributed by atoms with E-state index in [-0.39, 0.29) is 5.91 Å². The molecule has 0 spiro atoms. The Hall–Kier alpha value is -2.85. The van der Waals surface area contributed by atoms with Crippen LogP contribution in [0, 0.1) is 6.92 Å². The second kappa shape index (κ2) is 7.41. The first-order valence-electron chi connectivity index (χ1n) is 8.95. The van der Waals surface area contributed by atoms with Crippen LogP contribution in [-0.2, 0) is 13.0 Å². The van der Waals surface area contributed by atoms with Crippen molar-refractivity contribution < 1.29 is 4.79 Å². The lowest BCUT2D eigenvalue weighted by Crippen LogP contribution is -2.36. The number of fused-ring (bicyclic) bond motifs is 1. The minimum atomic E-state index is -0.0462. The fraction of sp³-hybridized carbons (Fsp3) is 0.182. The number of hydrogen-bond acceptors (Lipinski definition) is 3. The molecule has 4 nitrogen and oxygen atoms in total. The number of pyridine rings is 1. The van der Waals surface area contributed by atoms with Crippen molar-refractivity contribution in [1.29, 1.82) is 0 Å². The van der Waals surface area contributed by atoms with E-state index in [0.717, 1.165) is 23.4 Å². The smallest absolute Gasteiger partial charge is 0.272 e. The van der Waals surface area contributed by atoms with E-state index in [0.29, 0.717) is 23.8 Å². The normalized spacial score (nSPS) is 13.2. The first-order chi connectivity index (χ1) is 13.1. The molecule has 0 bridgehead atoms. The highest BCUT2D eigenvalue weighted by molar-refractivity contribution is 6.31. The SMILES string of the molecule is Cc1ccc(Nc2ccnc(C(=O)N3CCc4ccccc4C3)c2)cc1Cl. The molecular formula is C22H20ClN3O. The average molecular weight is 378 g/mol. The van der Waals surface area contributed by atoms with Gasteiger partial charge in [0.2, 0.25) is 0 Å². The molecule has 0 saturated carbocycles. The number of aromatic nitrogens is 1. The third-order valence-electron chi connectivity index (χ3n) is 4.86. The Balaban J connectivity index is 1.52. The van der Waals surface area contributed by atoms with Crippen molar-refractivity contribution in [2.24, 2.45) is 0 Å². The van der Waals surface area contributed by atoms with E-state index in [1.807, 2.05) is 48.2 Å². The Kier molecular flexibility index (Phi) is 4.82. The monoisotopic (exact) mass is 377 g/mol. The Morgan fingerprint density at radius 2 is 1.85 bits per heavy atom. The van der Waals surface area contributed by atoms with Gasteiger partial charge in [0.25, 0.3) is 5.91 Å². The Morgan fingerprint density at radius 3 is 2.67 bits per heavy atom. The van der Waals surface area contributed by atoms with Gasteiger partial charge in [0.1, 0.15) is 5.69 Å². The van der Waals surface area contributed by atoms with Crippen LogP contribution in [0.25, 0.3) is 0 Å². The average Bonchev–Trinajstić information content (AvgIpc) is 2.70. The summed E-state index contributed by atoms with van der Waals surface area (Å²) in [5.74, 6) is -0.0462. The van der Waals surface area contributed by atoms with E-state index in [2.05, 4.69) is 22.4 Å². The molecule has 0 atom stereocenters. The van der Waals surface area contributed by atoms with Gasteiger partial charge in [-0.05, 0) is 54.3 Å². The van der Waals surface area contributed by atoms with Crippen LogP contribution in [0.4, 0.5) is 11.4 Å². The minimum Gasteiger partial charge on any atom is -0.355 e. The van der Waals surface area contributed by atoms with Gasteiger partial charge >= 0.3 is 0 Å². The van der Waals surface area contributed by atoms with Crippen LogP contribution in [0.15, 0.2) is 60.8 Å². The van der Waals surface area contributed by atoms with Gasteiger partial charge in [-0.15, -0.1) is 0 Å². The molecule has 1 aromatic heterocycles. The number of amides is 1. The van der Waals surface area contributed by atoms with Gasteiger partial charge in [-0.25, -0.2) is 0 Å². The highest BCUT2D eigenvalue weighted by Gasteiger charge is 2.22. The van der Waals surface area contributed by atoms with E-state index in [4.69, 9.17) is 11.6 Å². The number of anilines is 2. The Bertz CT molecular complexity index is 1000. The standard InChI is InChI=1S/C22H20ClN3O/c1-15-6-7-18(12-20(15)23)25-19-8-10-24-21(13-19)22(27)26-11-9-16-4-2-3-5-17(16)14-26/h2-8,10,12-13H,9,11,14H2,1H3,(H,24,25). The summed E-state index contributed by atoms with van der Waals surface area (Å²) < 4.78 is 0. The number of rotatable bonds is 3. The second-order valence-corrected chi connectivity index (χ2v) is 7.17. The van der Waals surface area contributed by atoms with Crippen LogP contribution in [-0.4, -0.2) is 22.3 Å². The first kappa shape index (κ1) is 17.6. The van der Waals surface area contributed by atoms with E-state index in [1.165, 1.54) is 11.1 Å². The number of carbonyl (C=O) groups is 1. The second-order valence-electron chi connectivity index (χ2n) is 6.76. The largest absolute Gasteiger partial charge is 0.355 e. The summed E-state index contributed by atoms with van der Waals surface area (Å²) in [7, 11) is 0. The molecule has 1 N–H and O–H groups in total. The van der Waals surface area contributed by atoms with Gasteiger partial charge in [0.15, 0.2) is 0 Å². The maximum Gasteiger partial charge on any atom is 0.272 e. The van der Waals surface area contributed by atoms with Gasteiger partial charge in [-0.1, -0.05) is 41.9 Å². The summed E-state index contributed by atoms with van der Waals surface area (Å²) in [6.45, 7) is 3.30. The first-order valence-corrected chi connectivity index (χ1v) is 9.33. The van der Waals surface area contributed by atoms with Gasteiger partial charge in [-0.2, -0.15) is 0 Å². The molecule has 136 valence electrons. The van der Waals surface area contributed by atoms with Crippen molar-refractivity contribution in [3.63, 3.8) is 0 Å². The number of nitrogens with one attached hydrogen (secondary N) is 1. The molecule has 4 rings (SSSR count). The van der Waals surface area contributed by atoms with E-state index in [1.54, 1.807) is 12.3 Å². The molecule has 2 aromatic carbocycles. The number of hydrogen-bond donors (Lipinski definition) is 1. The fourth-order valence-electron chi connectivity index (χ4n) is 3.29. The maximum absolute atomic E-state index is 12.9. The molecular weight excluding hydrogens is 358 g/mol. The molecule has 5 heteroatoms. The van der Waals surface area contributed by atoms with Crippen molar-refractivity contribution >= 4 is 28.9 Å². The highest BCUT2D eigenvalue weighted by atomic mass is 35.5. The zero-order chi connectivity index (χ0) is 18.8. The molecule has 1 aliphatic heterocycles. The third kappa shape index (κ3) is 3.81. The minimum absolute atomic E-state index is 0.0462. The van der Waals surface area contributed by atoms with Crippen LogP contribution >= 0.6 is 11.6 Å². The molecule has 2 heterocycles. The summed E-state index contributed by atoms with van der Waals surface area (Å²) in [4.78, 5) is 19.1. The van der Waals surface area contributed by atoms with Gasteiger partial charge in [0.05, 0.1) is 0 Å². The topological polar surface area (TPSA) is 45.2 Å². The molecule has 1 amide bonds. The van der Waals surface area contributed by atoms with Crippen molar-refractivity contribution in [3.05, 3.63) is 88.2 Å². The van der Waals surface area contributed by atoms with Crippen LogP contribution in [0.5, 0.6) is 0 Å². The van der Waals surface area contributed by atoms with E-state index < -0.39 is 0 Å². The van der Waals surface area contributed by atoms with Crippen molar-refractivity contribution in [2.45, 2.75) is 19.9 Å². The summed E-state index contributed by atoms with van der Waals surface area (Å²) >= 11 is 6.19. The van der Waals surface area contributed by atoms with Gasteiger partial charge < -0.3 is 10.2 Å². The lowest BCUT2D eigenvalue weighted by molar-refractivity contribution is 0.0729. The lowest BCUT2D eigenvalue weighted by Gasteiger charge is -2.28. The molecule has 0 unspecified atom stereocenters. The fourth-order valence-corrected chi connectivity index (χ4v) is 3.47. The molecule has 1 aliphatic rings. The molecule has 0 aliphatic carbocycles. The van der Waals surface area contributed by atoms with Crippen molar-refractivity contribution in [2.75, 3.05) is 11.9 Å². The lowest BCUT2D eigenvalue weighted by atomic mass is 10.00. The molecule has 0 saturated heterocycles. The molecule has 0 fully saturated rings. The quantitative estimate of drug-likeness (QED) is 0.699. The molecule has 0 radical (unpaired) electrons. The van der Waals surface area contributed by atoms with Crippen LogP contribution in [0.2, 0.25) is 5.02 Å². The van der Waals surface area contributed by atoms with Gasteiger partial charge in [0, 0.05) is 35.7 Å². The van der Waals surface area contributed by atoms with Gasteiger partial charge in [-0.3, -0.25) is 9.78 Å². The third-order valence-corrected chi connectivity index (χ3v) is 5.26. The predicted molar refractivity (Wildman–Crippen MR) is 109 cm³/mol. The Labute approximate surface area is 163 Å². The van der Waals surface area contributed by atoms with E-state index in [9.17, 15) is 4.79 Å². The summed E-state index contributed by atoms with van der Waals surface area (Å²) in [5, 5.41) is 4.00. The highest BCUT2D eigenvalue weighted by Crippen LogP contribution is 2.24. The zero-order valence-electron chi connectivity index (χ0n) is 15.1. The number of halogens is 1. The molecule has 27 heavy (non-hydrogen) atoms. The summed E-state index contributed by atoms with van der Waals surface area (Å²) in [5.41, 5.74) is 5.69. The van der Waals surface area contributed by atoms with Crippen LogP contribution in [0.3, 0.4) is 0 Å². The number of carbonyl (C=O) groups excluding carboxylic acids is 1. The summed E-state index contributed by atoms with van der Waals surface area (Å²) in [6.07, 6.45) is 2.53. The molecule has 3 aromatic rings. The summed E-state index contributed by atoms with van der Waals surface area (Å²) in [6, 6.07) is 17.7. The van der Waals surface area contributed by atoms with E-state index >= 15 is 0 Å². The maximum atomic E-state index is 12.9.